The molecule has 0 saturated heterocycles. The largest absolute Gasteiger partial charge is 0.396 e. The molecule has 0 aliphatic rings. The van der Waals surface area contributed by atoms with Crippen molar-refractivity contribution in [1.82, 2.24) is 14.6 Å². The summed E-state index contributed by atoms with van der Waals surface area (Å²) in [5.41, 5.74) is 2.05. The van der Waals surface area contributed by atoms with Crippen LogP contribution in [0, 0.1) is 0 Å². The van der Waals surface area contributed by atoms with Crippen LogP contribution in [0.25, 0.3) is 5.52 Å². The van der Waals surface area contributed by atoms with Crippen molar-refractivity contribution in [3.8, 4) is 0 Å². The van der Waals surface area contributed by atoms with Crippen molar-refractivity contribution in [3.63, 3.8) is 0 Å². The van der Waals surface area contributed by atoms with Crippen LogP contribution in [0.5, 0.6) is 0 Å². The van der Waals surface area contributed by atoms with Crippen molar-refractivity contribution in [1.29, 1.82) is 0 Å². The monoisotopic (exact) mass is 163 g/mol. The van der Waals surface area contributed by atoms with Gasteiger partial charge in [-0.2, -0.15) is 5.10 Å². The average Bonchev–Trinajstić information content (AvgIpc) is 2.50. The van der Waals surface area contributed by atoms with E-state index in [9.17, 15) is 0 Å². The van der Waals surface area contributed by atoms with E-state index in [1.165, 1.54) is 6.33 Å². The van der Waals surface area contributed by atoms with Gasteiger partial charge < -0.3 is 5.11 Å². The van der Waals surface area contributed by atoms with Crippen LogP contribution in [0.1, 0.15) is 5.56 Å². The van der Waals surface area contributed by atoms with Crippen LogP contribution in [-0.2, 0) is 6.42 Å². The van der Waals surface area contributed by atoms with Crippen molar-refractivity contribution < 1.29 is 5.11 Å². The Bertz CT molecular complexity index is 382. The number of hydrogen-bond acceptors (Lipinski definition) is 3. The minimum absolute atomic E-state index is 0.161. The first kappa shape index (κ1) is 7.24. The lowest BCUT2D eigenvalue weighted by molar-refractivity contribution is 0.300. The van der Waals surface area contributed by atoms with E-state index in [2.05, 4.69) is 10.1 Å². The summed E-state index contributed by atoms with van der Waals surface area (Å²) in [7, 11) is 0. The van der Waals surface area contributed by atoms with Crippen LogP contribution >= 0.6 is 0 Å². The van der Waals surface area contributed by atoms with E-state index in [0.717, 1.165) is 11.1 Å². The van der Waals surface area contributed by atoms with Crippen molar-refractivity contribution in [2.24, 2.45) is 0 Å². The SMILES string of the molecule is OCCc1ccn2ncncc12. The second-order valence-electron chi connectivity index (χ2n) is 2.55. The topological polar surface area (TPSA) is 50.4 Å². The molecule has 0 fully saturated rings. The average molecular weight is 163 g/mol. The number of aliphatic hydroxyl groups is 1. The van der Waals surface area contributed by atoms with Gasteiger partial charge in [-0.05, 0) is 18.1 Å². The van der Waals surface area contributed by atoms with Gasteiger partial charge in [-0.25, -0.2) is 9.50 Å². The standard InChI is InChI=1S/C8H9N3O/c12-4-2-7-1-3-11-8(7)5-9-6-10-11/h1,3,5-6,12H,2,4H2. The van der Waals surface area contributed by atoms with Crippen LogP contribution < -0.4 is 0 Å². The Morgan fingerprint density at radius 3 is 3.25 bits per heavy atom. The summed E-state index contributed by atoms with van der Waals surface area (Å²) in [6, 6.07) is 1.94. The molecule has 2 heterocycles. The van der Waals surface area contributed by atoms with Crippen molar-refractivity contribution in [3.05, 3.63) is 30.4 Å². The second-order valence-corrected chi connectivity index (χ2v) is 2.55. The van der Waals surface area contributed by atoms with Crippen LogP contribution in [-0.4, -0.2) is 26.3 Å². The van der Waals surface area contributed by atoms with Crippen LogP contribution in [0.2, 0.25) is 0 Å². The summed E-state index contributed by atoms with van der Waals surface area (Å²) in [5, 5.41) is 12.8. The lowest BCUT2D eigenvalue weighted by Gasteiger charge is -1.94. The Hall–Kier alpha value is -1.42. The molecule has 0 amide bonds. The molecule has 1 N–H and O–H groups in total. The predicted molar refractivity (Wildman–Crippen MR) is 43.8 cm³/mol. The first-order chi connectivity index (χ1) is 5.92. The van der Waals surface area contributed by atoms with Gasteiger partial charge in [0.1, 0.15) is 6.33 Å². The molecular formula is C8H9N3O. The van der Waals surface area contributed by atoms with Gasteiger partial charge in [0.25, 0.3) is 0 Å². The van der Waals surface area contributed by atoms with Gasteiger partial charge in [0, 0.05) is 12.8 Å². The number of rotatable bonds is 2. The molecule has 0 spiro atoms. The van der Waals surface area contributed by atoms with Gasteiger partial charge in [-0.15, -0.1) is 0 Å². The van der Waals surface area contributed by atoms with E-state index >= 15 is 0 Å². The predicted octanol–water partition coefficient (Wildman–Crippen LogP) is 0.264. The minimum Gasteiger partial charge on any atom is -0.396 e. The maximum Gasteiger partial charge on any atom is 0.136 e. The smallest absolute Gasteiger partial charge is 0.136 e. The number of aromatic nitrogens is 3. The third kappa shape index (κ3) is 1.06. The highest BCUT2D eigenvalue weighted by Gasteiger charge is 2.00. The maximum atomic E-state index is 8.75. The Morgan fingerprint density at radius 2 is 2.42 bits per heavy atom. The zero-order chi connectivity index (χ0) is 8.39. The van der Waals surface area contributed by atoms with E-state index < -0.39 is 0 Å². The lowest BCUT2D eigenvalue weighted by Crippen LogP contribution is -1.93. The molecule has 2 aromatic rings. The van der Waals surface area contributed by atoms with Crippen LogP contribution in [0.4, 0.5) is 0 Å². The third-order valence-electron chi connectivity index (χ3n) is 1.81. The molecule has 4 nitrogen and oxygen atoms in total. The van der Waals surface area contributed by atoms with Crippen LogP contribution in [0.15, 0.2) is 24.8 Å². The molecule has 0 radical (unpaired) electrons. The molecule has 4 heteroatoms. The third-order valence-corrected chi connectivity index (χ3v) is 1.81. The lowest BCUT2D eigenvalue weighted by atomic mass is 10.2. The van der Waals surface area contributed by atoms with Gasteiger partial charge in [-0.3, -0.25) is 0 Å². The normalized spacial score (nSPS) is 10.8. The van der Waals surface area contributed by atoms with E-state index in [1.54, 1.807) is 10.7 Å². The Kier molecular flexibility index (Phi) is 1.75. The zero-order valence-corrected chi connectivity index (χ0v) is 6.51. The molecule has 0 aliphatic carbocycles. The first-order valence-electron chi connectivity index (χ1n) is 3.79. The van der Waals surface area contributed by atoms with E-state index in [1.807, 2.05) is 12.3 Å². The van der Waals surface area contributed by atoms with Crippen molar-refractivity contribution in [2.75, 3.05) is 6.61 Å². The summed E-state index contributed by atoms with van der Waals surface area (Å²) in [4.78, 5) is 3.91. The van der Waals surface area contributed by atoms with E-state index in [4.69, 9.17) is 5.11 Å². The molecule has 0 unspecified atom stereocenters. The summed E-state index contributed by atoms with van der Waals surface area (Å²) in [6.07, 6.45) is 5.76. The fourth-order valence-corrected chi connectivity index (χ4v) is 1.24. The molecular weight excluding hydrogens is 154 g/mol. The Morgan fingerprint density at radius 1 is 1.50 bits per heavy atom. The van der Waals surface area contributed by atoms with Crippen molar-refractivity contribution in [2.45, 2.75) is 6.42 Å². The minimum atomic E-state index is 0.161. The van der Waals surface area contributed by atoms with Crippen molar-refractivity contribution >= 4 is 5.52 Å². The van der Waals surface area contributed by atoms with Gasteiger partial charge in [-0.1, -0.05) is 0 Å². The highest BCUT2D eigenvalue weighted by molar-refractivity contribution is 5.52. The molecule has 12 heavy (non-hydrogen) atoms. The van der Waals surface area contributed by atoms with Gasteiger partial charge in [0.05, 0.1) is 11.7 Å². The van der Waals surface area contributed by atoms with E-state index in [-0.39, 0.29) is 6.61 Å². The zero-order valence-electron chi connectivity index (χ0n) is 6.51. The Balaban J connectivity index is 2.55. The quantitative estimate of drug-likeness (QED) is 0.691. The molecule has 2 aromatic heterocycles. The fraction of sp³-hybridized carbons (Fsp3) is 0.250. The number of hydrogen-bond donors (Lipinski definition) is 1. The second kappa shape index (κ2) is 2.91. The molecule has 62 valence electrons. The molecule has 0 atom stereocenters. The maximum absolute atomic E-state index is 8.75. The van der Waals surface area contributed by atoms with Gasteiger partial charge >= 0.3 is 0 Å². The molecule has 2 rings (SSSR count). The number of nitrogens with zero attached hydrogens (tertiary/aromatic N) is 3. The highest BCUT2D eigenvalue weighted by atomic mass is 16.2. The molecule has 0 saturated carbocycles. The number of fused-ring (bicyclic) bond motifs is 1. The summed E-state index contributed by atoms with van der Waals surface area (Å²) in [5.74, 6) is 0. The summed E-state index contributed by atoms with van der Waals surface area (Å²) in [6.45, 7) is 0.161. The highest BCUT2D eigenvalue weighted by Crippen LogP contribution is 2.09. The summed E-state index contributed by atoms with van der Waals surface area (Å²) >= 11 is 0. The molecule has 0 aromatic carbocycles. The fourth-order valence-electron chi connectivity index (χ4n) is 1.24. The van der Waals surface area contributed by atoms with Crippen LogP contribution in [0.3, 0.4) is 0 Å². The molecule has 0 aliphatic heterocycles. The molecule has 0 bridgehead atoms. The van der Waals surface area contributed by atoms with Gasteiger partial charge in [0.2, 0.25) is 0 Å². The summed E-state index contributed by atoms with van der Waals surface area (Å²) < 4.78 is 1.75. The Labute approximate surface area is 69.5 Å². The van der Waals surface area contributed by atoms with E-state index in [0.29, 0.717) is 6.42 Å². The first-order valence-corrected chi connectivity index (χ1v) is 3.79. The van der Waals surface area contributed by atoms with Gasteiger partial charge in [0.15, 0.2) is 0 Å². The number of aliphatic hydroxyl groups excluding tert-OH is 1.